The minimum atomic E-state index is -1.36. The fourth-order valence-corrected chi connectivity index (χ4v) is 2.82. The zero-order valence-corrected chi connectivity index (χ0v) is 17.1. The van der Waals surface area contributed by atoms with Gasteiger partial charge in [0.2, 0.25) is 0 Å². The predicted molar refractivity (Wildman–Crippen MR) is 109 cm³/mol. The standard InChI is InChI=1S/C14H20O4.C7H14O5/c1-10(13(17)14(18)12(16)9-15)7-8-11-5-3-2-4-6-11;1-3-5(9)6(10)4(2-8)12-7(3)11/h2-8,10,12-18H,9H2,1H3;3-11H,2H2,1H3/b8-7+;/t10-,12?,13?,14?;3-,4+,5+,6+,7?/m10/s1. The van der Waals surface area contributed by atoms with Gasteiger partial charge in [0, 0.05) is 11.8 Å². The lowest BCUT2D eigenvalue weighted by molar-refractivity contribution is -0.266. The maximum atomic E-state index is 9.79. The third-order valence-corrected chi connectivity index (χ3v) is 5.08. The third-order valence-electron chi connectivity index (χ3n) is 5.08. The lowest BCUT2D eigenvalue weighted by Crippen LogP contribution is -2.54. The Labute approximate surface area is 176 Å². The zero-order chi connectivity index (χ0) is 22.8. The van der Waals surface area contributed by atoms with Crippen molar-refractivity contribution in [1.29, 1.82) is 0 Å². The van der Waals surface area contributed by atoms with E-state index in [1.54, 1.807) is 19.9 Å². The summed E-state index contributed by atoms with van der Waals surface area (Å²) in [6, 6.07) is 9.58. The van der Waals surface area contributed by atoms with Crippen molar-refractivity contribution in [2.45, 2.75) is 56.8 Å². The largest absolute Gasteiger partial charge is 0.394 e. The highest BCUT2D eigenvalue weighted by Gasteiger charge is 2.40. The van der Waals surface area contributed by atoms with Crippen molar-refractivity contribution in [2.75, 3.05) is 13.2 Å². The number of ether oxygens (including phenoxy) is 1. The topological polar surface area (TPSA) is 171 Å². The molecule has 0 spiro atoms. The fourth-order valence-electron chi connectivity index (χ4n) is 2.82. The smallest absolute Gasteiger partial charge is 0.160 e. The number of hydrogen-bond donors (Lipinski definition) is 8. The maximum Gasteiger partial charge on any atom is 0.160 e. The molecule has 0 aromatic heterocycles. The molecule has 1 fully saturated rings. The Kier molecular flexibility index (Phi) is 11.6. The first kappa shape index (κ1) is 26.6. The highest BCUT2D eigenvalue weighted by molar-refractivity contribution is 5.49. The van der Waals surface area contributed by atoms with E-state index in [0.717, 1.165) is 5.56 Å². The van der Waals surface area contributed by atoms with Crippen LogP contribution in [0.5, 0.6) is 0 Å². The molecule has 1 aromatic carbocycles. The van der Waals surface area contributed by atoms with E-state index in [2.05, 4.69) is 0 Å². The number of aliphatic hydroxyl groups excluding tert-OH is 8. The molecule has 8 N–H and O–H groups in total. The van der Waals surface area contributed by atoms with Crippen LogP contribution in [0.2, 0.25) is 0 Å². The van der Waals surface area contributed by atoms with E-state index in [4.69, 9.17) is 20.1 Å². The van der Waals surface area contributed by atoms with Crippen LogP contribution in [0.25, 0.3) is 6.08 Å². The third kappa shape index (κ3) is 7.69. The summed E-state index contributed by atoms with van der Waals surface area (Å²) in [5.41, 5.74) is 0.994. The molecular weight excluding hydrogens is 396 g/mol. The fraction of sp³-hybridized carbons (Fsp3) is 0.619. The lowest BCUT2D eigenvalue weighted by atomic mass is 9.93. The summed E-state index contributed by atoms with van der Waals surface area (Å²) in [5.74, 6) is -0.871. The monoisotopic (exact) mass is 430 g/mol. The molecular formula is C21H34O9. The van der Waals surface area contributed by atoms with E-state index in [-0.39, 0.29) is 5.92 Å². The van der Waals surface area contributed by atoms with Gasteiger partial charge < -0.3 is 45.6 Å². The van der Waals surface area contributed by atoms with Gasteiger partial charge in [0.25, 0.3) is 0 Å². The molecule has 172 valence electrons. The first-order valence-corrected chi connectivity index (χ1v) is 9.82. The quantitative estimate of drug-likeness (QED) is 0.255. The molecule has 1 saturated heterocycles. The van der Waals surface area contributed by atoms with Gasteiger partial charge in [-0.1, -0.05) is 56.3 Å². The average Bonchev–Trinajstić information content (AvgIpc) is 2.77. The van der Waals surface area contributed by atoms with E-state index in [1.165, 1.54) is 0 Å². The Balaban J connectivity index is 0.000000325. The van der Waals surface area contributed by atoms with Gasteiger partial charge in [-0.15, -0.1) is 0 Å². The summed E-state index contributed by atoms with van der Waals surface area (Å²) in [4.78, 5) is 0. The van der Waals surface area contributed by atoms with Crippen molar-refractivity contribution in [1.82, 2.24) is 0 Å². The van der Waals surface area contributed by atoms with Crippen molar-refractivity contribution in [2.24, 2.45) is 11.8 Å². The maximum absolute atomic E-state index is 9.79. The van der Waals surface area contributed by atoms with Gasteiger partial charge in [-0.3, -0.25) is 0 Å². The van der Waals surface area contributed by atoms with Gasteiger partial charge >= 0.3 is 0 Å². The highest BCUT2D eigenvalue weighted by atomic mass is 16.6. The Hall–Kier alpha value is -1.40. The van der Waals surface area contributed by atoms with Crippen LogP contribution in [-0.4, -0.2) is 97.0 Å². The second-order valence-corrected chi connectivity index (χ2v) is 7.45. The molecule has 4 unspecified atom stereocenters. The van der Waals surface area contributed by atoms with E-state index in [0.29, 0.717) is 0 Å². The van der Waals surface area contributed by atoms with Crippen LogP contribution in [-0.2, 0) is 4.74 Å². The van der Waals surface area contributed by atoms with Crippen LogP contribution < -0.4 is 0 Å². The van der Waals surface area contributed by atoms with E-state index in [1.807, 2.05) is 36.4 Å². The molecule has 9 heteroatoms. The van der Waals surface area contributed by atoms with Gasteiger partial charge in [0.1, 0.15) is 24.4 Å². The second-order valence-electron chi connectivity index (χ2n) is 7.45. The molecule has 0 saturated carbocycles. The Morgan fingerprint density at radius 1 is 0.967 bits per heavy atom. The normalized spacial score (nSPS) is 30.8. The van der Waals surface area contributed by atoms with Gasteiger partial charge in [-0.25, -0.2) is 0 Å². The van der Waals surface area contributed by atoms with Crippen molar-refractivity contribution in [3.8, 4) is 0 Å². The molecule has 1 aromatic rings. The molecule has 9 atom stereocenters. The SMILES string of the molecule is C[C@@H]1C(O)O[C@H](CO)[C@@H](O)[C@@H]1O.C[C@H](/C=C/c1ccccc1)C(O)C(O)C(O)CO. The molecule has 1 heterocycles. The molecule has 0 aliphatic carbocycles. The number of rotatable bonds is 7. The van der Waals surface area contributed by atoms with Crippen LogP contribution in [0, 0.1) is 11.8 Å². The van der Waals surface area contributed by atoms with E-state index < -0.39 is 62.0 Å². The molecule has 0 bridgehead atoms. The Morgan fingerprint density at radius 3 is 2.10 bits per heavy atom. The van der Waals surface area contributed by atoms with Crippen molar-refractivity contribution < 1.29 is 45.6 Å². The summed E-state index contributed by atoms with van der Waals surface area (Å²) in [6.45, 7) is 2.30. The number of hydrogen-bond acceptors (Lipinski definition) is 9. The number of benzene rings is 1. The van der Waals surface area contributed by atoms with Crippen molar-refractivity contribution in [3.05, 3.63) is 42.0 Å². The number of aliphatic hydroxyl groups is 8. The summed E-state index contributed by atoms with van der Waals surface area (Å²) in [7, 11) is 0. The van der Waals surface area contributed by atoms with E-state index >= 15 is 0 Å². The Bertz CT molecular complexity index is 607. The van der Waals surface area contributed by atoms with Crippen molar-refractivity contribution >= 4 is 6.08 Å². The second kappa shape index (κ2) is 13.1. The Morgan fingerprint density at radius 2 is 1.57 bits per heavy atom. The van der Waals surface area contributed by atoms with Gasteiger partial charge in [-0.05, 0) is 5.56 Å². The molecule has 30 heavy (non-hydrogen) atoms. The minimum Gasteiger partial charge on any atom is -0.394 e. The summed E-state index contributed by atoms with van der Waals surface area (Å²) < 4.78 is 4.83. The molecule has 0 radical (unpaired) electrons. The first-order chi connectivity index (χ1) is 14.1. The molecule has 1 aliphatic heterocycles. The van der Waals surface area contributed by atoms with Crippen LogP contribution in [0.4, 0.5) is 0 Å². The summed E-state index contributed by atoms with van der Waals surface area (Å²) in [5, 5.41) is 73.7. The van der Waals surface area contributed by atoms with Crippen LogP contribution in [0.1, 0.15) is 19.4 Å². The summed E-state index contributed by atoms with van der Waals surface area (Å²) >= 11 is 0. The van der Waals surface area contributed by atoms with Crippen LogP contribution in [0.15, 0.2) is 36.4 Å². The molecule has 0 amide bonds. The lowest BCUT2D eigenvalue weighted by Gasteiger charge is -2.38. The van der Waals surface area contributed by atoms with E-state index in [9.17, 15) is 25.5 Å². The van der Waals surface area contributed by atoms with Crippen molar-refractivity contribution in [3.63, 3.8) is 0 Å². The zero-order valence-electron chi connectivity index (χ0n) is 17.1. The van der Waals surface area contributed by atoms with Gasteiger partial charge in [0.05, 0.1) is 25.4 Å². The molecule has 1 aliphatic rings. The molecule has 2 rings (SSSR count). The van der Waals surface area contributed by atoms with Crippen LogP contribution in [0.3, 0.4) is 0 Å². The molecule has 9 nitrogen and oxygen atoms in total. The first-order valence-electron chi connectivity index (χ1n) is 9.82. The predicted octanol–water partition coefficient (Wildman–Crippen LogP) is -1.54. The summed E-state index contributed by atoms with van der Waals surface area (Å²) in [6.07, 6.45) is -4.41. The average molecular weight is 430 g/mol. The van der Waals surface area contributed by atoms with Gasteiger partial charge in [0.15, 0.2) is 6.29 Å². The highest BCUT2D eigenvalue weighted by Crippen LogP contribution is 2.23. The van der Waals surface area contributed by atoms with Crippen LogP contribution >= 0.6 is 0 Å². The minimum absolute atomic E-state index is 0.332. The van der Waals surface area contributed by atoms with Gasteiger partial charge in [-0.2, -0.15) is 0 Å².